The minimum atomic E-state index is -6.23. The number of nitrogens with zero attached hydrogens (tertiary/aromatic N) is 3. The first kappa shape index (κ1) is 30.1. The number of alkyl halides is 3. The number of hydrogen-bond acceptors (Lipinski definition) is 10. The van der Waals surface area contributed by atoms with Crippen LogP contribution in [0.4, 0.5) is 13.2 Å². The standard InChI is InChI=1S/C23H24F3N3O9S/c1-33-16-10-8-14(9-11-16)12-35-13-17-19(38-39(31,32)23(24,25)26)20(18(28-29-27)22(34-2)36-17)37-21(30)15-6-4-3-5-7-15/h3-11,17-20,22H,12-13H2,1-2H3/t17-,18-,19+,20-,22+/m1/s1. The van der Waals surface area contributed by atoms with Gasteiger partial charge >= 0.3 is 21.6 Å². The Kier molecular flexibility index (Phi) is 10.1. The molecule has 212 valence electrons. The molecule has 1 aliphatic rings. The van der Waals surface area contributed by atoms with Crippen LogP contribution in [0.1, 0.15) is 15.9 Å². The molecule has 0 bridgehead atoms. The second-order valence-corrected chi connectivity index (χ2v) is 9.60. The summed E-state index contributed by atoms with van der Waals surface area (Å²) in [5.41, 5.74) is 3.87. The van der Waals surface area contributed by atoms with Gasteiger partial charge in [0.2, 0.25) is 0 Å². The lowest BCUT2D eigenvalue weighted by atomic mass is 9.97. The lowest BCUT2D eigenvalue weighted by Gasteiger charge is -2.43. The average molecular weight is 576 g/mol. The van der Waals surface area contributed by atoms with E-state index in [-0.39, 0.29) is 12.2 Å². The number of benzene rings is 2. The van der Waals surface area contributed by atoms with Crippen LogP contribution in [0.25, 0.3) is 10.4 Å². The van der Waals surface area contributed by atoms with Gasteiger partial charge in [0.1, 0.15) is 30.1 Å². The SMILES string of the molecule is COc1ccc(COC[C@H]2O[C@H](OC)[C@H](N=[N+]=[N-])[C@@H](OC(=O)c3ccccc3)[C@H]2OS(=O)(=O)C(F)(F)F)cc1. The average Bonchev–Trinajstić information content (AvgIpc) is 2.91. The molecule has 3 rings (SSSR count). The molecule has 0 aliphatic carbocycles. The maximum absolute atomic E-state index is 13.3. The highest BCUT2D eigenvalue weighted by Gasteiger charge is 2.56. The molecule has 0 amide bonds. The molecule has 0 saturated carbocycles. The summed E-state index contributed by atoms with van der Waals surface area (Å²) in [7, 11) is -3.60. The summed E-state index contributed by atoms with van der Waals surface area (Å²) in [5, 5.41) is 3.43. The predicted octanol–water partition coefficient (Wildman–Crippen LogP) is 3.72. The predicted molar refractivity (Wildman–Crippen MR) is 127 cm³/mol. The van der Waals surface area contributed by atoms with E-state index < -0.39 is 58.8 Å². The molecule has 0 radical (unpaired) electrons. The zero-order valence-electron chi connectivity index (χ0n) is 20.6. The molecule has 1 fully saturated rings. The number of rotatable bonds is 11. The summed E-state index contributed by atoms with van der Waals surface area (Å²) >= 11 is 0. The van der Waals surface area contributed by atoms with Gasteiger partial charge in [0, 0.05) is 12.0 Å². The number of carbonyl (C=O) groups excluding carboxylic acids is 1. The van der Waals surface area contributed by atoms with E-state index in [0.717, 1.165) is 7.11 Å². The van der Waals surface area contributed by atoms with Crippen LogP contribution in [0.2, 0.25) is 0 Å². The molecular formula is C23H24F3N3O9S. The van der Waals surface area contributed by atoms with Crippen molar-refractivity contribution in [3.05, 3.63) is 76.2 Å². The van der Waals surface area contributed by atoms with Gasteiger partial charge in [-0.05, 0) is 35.4 Å². The van der Waals surface area contributed by atoms with Gasteiger partial charge in [0.05, 0.1) is 25.9 Å². The summed E-state index contributed by atoms with van der Waals surface area (Å²) in [6.45, 7) is -0.583. The quantitative estimate of drug-likeness (QED) is 0.0973. The van der Waals surface area contributed by atoms with Crippen molar-refractivity contribution in [2.24, 2.45) is 5.11 Å². The molecule has 12 nitrogen and oxygen atoms in total. The van der Waals surface area contributed by atoms with Gasteiger partial charge in [-0.25, -0.2) is 4.79 Å². The Morgan fingerprint density at radius 3 is 2.31 bits per heavy atom. The van der Waals surface area contributed by atoms with Gasteiger partial charge < -0.3 is 23.7 Å². The molecule has 2 aromatic rings. The van der Waals surface area contributed by atoms with Crippen LogP contribution < -0.4 is 4.74 Å². The van der Waals surface area contributed by atoms with Crippen LogP contribution >= 0.6 is 0 Å². The summed E-state index contributed by atoms with van der Waals surface area (Å²) in [6.07, 6.45) is -7.07. The first-order chi connectivity index (χ1) is 18.5. The third-order valence-corrected chi connectivity index (χ3v) is 6.56. The molecule has 0 spiro atoms. The molecule has 0 unspecified atom stereocenters. The van der Waals surface area contributed by atoms with Crippen LogP contribution in [0.5, 0.6) is 5.75 Å². The molecule has 1 heterocycles. The van der Waals surface area contributed by atoms with Crippen LogP contribution in [-0.4, -0.2) is 71.4 Å². The van der Waals surface area contributed by atoms with Crippen molar-refractivity contribution >= 4 is 16.1 Å². The summed E-state index contributed by atoms with van der Waals surface area (Å²) in [6, 6.07) is 12.3. The highest BCUT2D eigenvalue weighted by atomic mass is 32.2. The van der Waals surface area contributed by atoms with E-state index in [0.29, 0.717) is 11.3 Å². The Morgan fingerprint density at radius 1 is 1.08 bits per heavy atom. The van der Waals surface area contributed by atoms with E-state index in [4.69, 9.17) is 29.2 Å². The Bertz CT molecular complexity index is 1260. The van der Waals surface area contributed by atoms with Crippen molar-refractivity contribution < 1.29 is 54.3 Å². The fourth-order valence-corrected chi connectivity index (χ4v) is 4.27. The topological polar surface area (TPSA) is 155 Å². The monoisotopic (exact) mass is 575 g/mol. The highest BCUT2D eigenvalue weighted by Crippen LogP contribution is 2.34. The maximum atomic E-state index is 13.3. The number of carbonyl (C=O) groups is 1. The largest absolute Gasteiger partial charge is 0.523 e. The van der Waals surface area contributed by atoms with E-state index in [2.05, 4.69) is 14.2 Å². The lowest BCUT2D eigenvalue weighted by molar-refractivity contribution is -0.256. The summed E-state index contributed by atoms with van der Waals surface area (Å²) < 4.78 is 95.1. The van der Waals surface area contributed by atoms with Gasteiger partial charge in [-0.1, -0.05) is 35.4 Å². The van der Waals surface area contributed by atoms with Crippen LogP contribution in [0.3, 0.4) is 0 Å². The first-order valence-corrected chi connectivity index (χ1v) is 12.6. The third kappa shape index (κ3) is 7.59. The smallest absolute Gasteiger partial charge is 0.497 e. The van der Waals surface area contributed by atoms with Crippen molar-refractivity contribution in [1.29, 1.82) is 0 Å². The summed E-state index contributed by atoms with van der Waals surface area (Å²) in [5.74, 6) is -0.471. The van der Waals surface area contributed by atoms with Crippen molar-refractivity contribution in [3.63, 3.8) is 0 Å². The van der Waals surface area contributed by atoms with Gasteiger partial charge in [0.15, 0.2) is 6.29 Å². The number of halogens is 3. The molecule has 39 heavy (non-hydrogen) atoms. The molecule has 16 heteroatoms. The van der Waals surface area contributed by atoms with E-state index in [1.54, 1.807) is 30.3 Å². The van der Waals surface area contributed by atoms with Gasteiger partial charge in [-0.15, -0.1) is 0 Å². The normalized spacial score (nSPS) is 23.5. The Labute approximate surface area is 221 Å². The highest BCUT2D eigenvalue weighted by molar-refractivity contribution is 7.87. The fourth-order valence-electron chi connectivity index (χ4n) is 3.63. The zero-order valence-corrected chi connectivity index (χ0v) is 21.4. The van der Waals surface area contributed by atoms with Crippen molar-refractivity contribution in [2.45, 2.75) is 42.8 Å². The maximum Gasteiger partial charge on any atom is 0.523 e. The van der Waals surface area contributed by atoms with Crippen LogP contribution in [-0.2, 0) is 39.9 Å². The molecule has 5 atom stereocenters. The van der Waals surface area contributed by atoms with Crippen molar-refractivity contribution in [2.75, 3.05) is 20.8 Å². The number of ether oxygens (including phenoxy) is 5. The number of hydrogen-bond donors (Lipinski definition) is 0. The third-order valence-electron chi connectivity index (χ3n) is 5.52. The molecular weight excluding hydrogens is 551 g/mol. The second-order valence-electron chi connectivity index (χ2n) is 8.03. The Balaban J connectivity index is 1.94. The van der Waals surface area contributed by atoms with Crippen molar-refractivity contribution in [3.8, 4) is 5.75 Å². The number of esters is 1. The van der Waals surface area contributed by atoms with Gasteiger partial charge in [0.25, 0.3) is 0 Å². The van der Waals surface area contributed by atoms with E-state index >= 15 is 0 Å². The minimum absolute atomic E-state index is 0.0117. The minimum Gasteiger partial charge on any atom is -0.497 e. The Hall–Kier alpha value is -3.40. The van der Waals surface area contributed by atoms with E-state index in [9.17, 15) is 26.4 Å². The lowest BCUT2D eigenvalue weighted by Crippen LogP contribution is -2.61. The molecule has 0 N–H and O–H groups in total. The Morgan fingerprint density at radius 2 is 1.74 bits per heavy atom. The van der Waals surface area contributed by atoms with E-state index in [1.165, 1.54) is 31.4 Å². The van der Waals surface area contributed by atoms with Crippen LogP contribution in [0, 0.1) is 0 Å². The summed E-state index contributed by atoms with van der Waals surface area (Å²) in [4.78, 5) is 15.4. The van der Waals surface area contributed by atoms with Crippen molar-refractivity contribution in [1.82, 2.24) is 0 Å². The van der Waals surface area contributed by atoms with Gasteiger partial charge in [-0.2, -0.15) is 21.6 Å². The van der Waals surface area contributed by atoms with Crippen LogP contribution in [0.15, 0.2) is 59.7 Å². The second kappa shape index (κ2) is 13.1. The van der Waals surface area contributed by atoms with E-state index in [1.807, 2.05) is 0 Å². The zero-order chi connectivity index (χ0) is 28.6. The number of methoxy groups -OCH3 is 2. The molecule has 1 saturated heterocycles. The first-order valence-electron chi connectivity index (χ1n) is 11.2. The number of azide groups is 1. The molecule has 2 aromatic carbocycles. The molecule has 0 aromatic heterocycles. The van der Waals surface area contributed by atoms with Gasteiger partial charge in [-0.3, -0.25) is 4.18 Å². The fraction of sp³-hybridized carbons (Fsp3) is 0.435. The molecule has 1 aliphatic heterocycles.